The van der Waals surface area contributed by atoms with Crippen LogP contribution in [0.1, 0.15) is 28.6 Å². The van der Waals surface area contributed by atoms with E-state index in [9.17, 15) is 4.79 Å². The highest BCUT2D eigenvalue weighted by atomic mass is 16.2. The smallest absolute Gasteiger partial charge is 0.241 e. The first kappa shape index (κ1) is 15.8. The molecule has 4 rings (SSSR count). The monoisotopic (exact) mass is 338 g/mol. The van der Waals surface area contributed by atoms with E-state index >= 15 is 0 Å². The van der Waals surface area contributed by atoms with Crippen molar-refractivity contribution >= 4 is 11.6 Å². The van der Waals surface area contributed by atoms with Gasteiger partial charge in [0.2, 0.25) is 5.91 Å². The number of nitrogens with one attached hydrogen (secondary N) is 2. The first-order chi connectivity index (χ1) is 12.1. The van der Waals surface area contributed by atoms with Crippen LogP contribution in [0, 0.1) is 6.92 Å². The molecule has 3 aromatic heterocycles. The predicted octanol–water partition coefficient (Wildman–Crippen LogP) is 0.922. The molecule has 0 saturated heterocycles. The van der Waals surface area contributed by atoms with Crippen LogP contribution in [0.25, 0.3) is 5.65 Å². The summed E-state index contributed by atoms with van der Waals surface area (Å²) in [5.74, 6) is -0.00565. The predicted molar refractivity (Wildman–Crippen MR) is 94.3 cm³/mol. The van der Waals surface area contributed by atoms with Gasteiger partial charge in [-0.05, 0) is 18.6 Å². The van der Waals surface area contributed by atoms with Gasteiger partial charge >= 0.3 is 0 Å². The number of nitrogens with zero attached hydrogens (tertiary/aromatic N) is 4. The molecule has 0 aliphatic carbocycles. The molecule has 25 heavy (non-hydrogen) atoms. The molecule has 1 aliphatic heterocycles. The summed E-state index contributed by atoms with van der Waals surface area (Å²) < 4.78 is 3.88. The molecule has 0 bridgehead atoms. The fraction of sp³-hybridized carbons (Fsp3) is 0.389. The second-order valence-corrected chi connectivity index (χ2v) is 6.50. The minimum Gasteiger partial charge on any atom is -0.354 e. The molecule has 0 saturated carbocycles. The van der Waals surface area contributed by atoms with Crippen LogP contribution in [-0.2, 0) is 24.7 Å². The number of hydrogen-bond donors (Lipinski definition) is 2. The van der Waals surface area contributed by atoms with Gasteiger partial charge in [-0.1, -0.05) is 6.07 Å². The molecule has 0 aromatic carbocycles. The topological polar surface area (TPSA) is 76.2 Å². The van der Waals surface area contributed by atoms with Crippen LogP contribution in [0.3, 0.4) is 0 Å². The van der Waals surface area contributed by atoms with Crippen molar-refractivity contribution in [3.8, 4) is 0 Å². The van der Waals surface area contributed by atoms with Crippen LogP contribution in [0.4, 0.5) is 0 Å². The summed E-state index contributed by atoms with van der Waals surface area (Å²) in [6, 6.07) is 3.74. The van der Waals surface area contributed by atoms with Crippen molar-refractivity contribution in [3.05, 3.63) is 53.2 Å². The van der Waals surface area contributed by atoms with E-state index in [2.05, 4.69) is 20.7 Å². The van der Waals surface area contributed by atoms with E-state index in [0.29, 0.717) is 13.0 Å². The molecule has 0 radical (unpaired) electrons. The number of hydrogen-bond acceptors (Lipinski definition) is 4. The molecule has 1 amide bonds. The van der Waals surface area contributed by atoms with Crippen LogP contribution >= 0.6 is 0 Å². The van der Waals surface area contributed by atoms with Gasteiger partial charge in [-0.2, -0.15) is 5.10 Å². The largest absolute Gasteiger partial charge is 0.354 e. The molecule has 0 fully saturated rings. The summed E-state index contributed by atoms with van der Waals surface area (Å²) in [6.45, 7) is 3.40. The van der Waals surface area contributed by atoms with Gasteiger partial charge < -0.3 is 15.0 Å². The van der Waals surface area contributed by atoms with Crippen LogP contribution in [-0.4, -0.2) is 38.2 Å². The van der Waals surface area contributed by atoms with E-state index in [4.69, 9.17) is 0 Å². The highest BCUT2D eigenvalue weighted by molar-refractivity contribution is 5.83. The molecule has 1 aliphatic rings. The number of aryl methyl sites for hydroxylation is 2. The van der Waals surface area contributed by atoms with E-state index in [1.165, 1.54) is 0 Å². The van der Waals surface area contributed by atoms with Crippen molar-refractivity contribution in [2.45, 2.75) is 25.8 Å². The summed E-state index contributed by atoms with van der Waals surface area (Å²) in [6.07, 6.45) is 7.41. The number of carbonyl (C=O) groups is 1. The van der Waals surface area contributed by atoms with Gasteiger partial charge in [-0.3, -0.25) is 9.48 Å². The average molecular weight is 338 g/mol. The van der Waals surface area contributed by atoms with Gasteiger partial charge in [-0.25, -0.2) is 4.98 Å². The Kier molecular flexibility index (Phi) is 4.01. The lowest BCUT2D eigenvalue weighted by Crippen LogP contribution is -2.42. The van der Waals surface area contributed by atoms with E-state index in [-0.39, 0.29) is 11.9 Å². The van der Waals surface area contributed by atoms with Gasteiger partial charge in [-0.15, -0.1) is 0 Å². The quantitative estimate of drug-likeness (QED) is 0.742. The molecule has 1 atom stereocenters. The zero-order chi connectivity index (χ0) is 17.4. The van der Waals surface area contributed by atoms with E-state index in [0.717, 1.165) is 41.1 Å². The number of carbonyl (C=O) groups excluding carboxylic acids is 1. The lowest BCUT2D eigenvalue weighted by molar-refractivity contribution is -0.123. The second-order valence-electron chi connectivity index (χ2n) is 6.50. The van der Waals surface area contributed by atoms with Gasteiger partial charge in [0.25, 0.3) is 0 Å². The SMILES string of the molecule is Cc1cccn2cc(CCNC(=O)C3NCCc4c3cnn4C)nc12. The Morgan fingerprint density at radius 2 is 2.36 bits per heavy atom. The molecule has 7 heteroatoms. The van der Waals surface area contributed by atoms with Gasteiger partial charge in [0.1, 0.15) is 11.7 Å². The maximum Gasteiger partial charge on any atom is 0.241 e. The fourth-order valence-corrected chi connectivity index (χ4v) is 3.45. The van der Waals surface area contributed by atoms with E-state index in [1.807, 2.05) is 47.6 Å². The van der Waals surface area contributed by atoms with Crippen LogP contribution < -0.4 is 10.6 Å². The van der Waals surface area contributed by atoms with Crippen molar-refractivity contribution < 1.29 is 4.79 Å². The third-order valence-corrected chi connectivity index (χ3v) is 4.79. The maximum absolute atomic E-state index is 12.6. The van der Waals surface area contributed by atoms with Crippen LogP contribution in [0.15, 0.2) is 30.7 Å². The molecule has 7 nitrogen and oxygen atoms in total. The van der Waals surface area contributed by atoms with Crippen molar-refractivity contribution in [2.75, 3.05) is 13.1 Å². The Bertz CT molecular complexity index is 925. The zero-order valence-electron chi connectivity index (χ0n) is 14.5. The Morgan fingerprint density at radius 1 is 1.48 bits per heavy atom. The minimum atomic E-state index is -0.319. The Balaban J connectivity index is 1.40. The summed E-state index contributed by atoms with van der Waals surface area (Å²) in [5.41, 5.74) is 5.21. The molecule has 2 N–H and O–H groups in total. The van der Waals surface area contributed by atoms with Crippen LogP contribution in [0.2, 0.25) is 0 Å². The summed E-state index contributed by atoms with van der Waals surface area (Å²) in [5, 5.41) is 10.6. The molecule has 130 valence electrons. The van der Waals surface area contributed by atoms with Crippen molar-refractivity contribution in [1.82, 2.24) is 29.8 Å². The zero-order valence-corrected chi connectivity index (χ0v) is 14.5. The maximum atomic E-state index is 12.6. The Hall–Kier alpha value is -2.67. The number of aromatic nitrogens is 4. The van der Waals surface area contributed by atoms with Crippen molar-refractivity contribution in [3.63, 3.8) is 0 Å². The van der Waals surface area contributed by atoms with E-state index in [1.54, 1.807) is 6.20 Å². The Morgan fingerprint density at radius 3 is 3.20 bits per heavy atom. The first-order valence-corrected chi connectivity index (χ1v) is 8.58. The minimum absolute atomic E-state index is 0.00565. The summed E-state index contributed by atoms with van der Waals surface area (Å²) >= 11 is 0. The average Bonchev–Trinajstić information content (AvgIpc) is 3.19. The Labute approximate surface area is 146 Å². The van der Waals surface area contributed by atoms with Gasteiger partial charge in [0.15, 0.2) is 0 Å². The van der Waals surface area contributed by atoms with Crippen molar-refractivity contribution in [1.29, 1.82) is 0 Å². The standard InChI is InChI=1S/C18H22N6O/c1-12-4-3-9-24-11-13(22-17(12)24)5-7-20-18(25)16-14-10-21-23(2)15(14)6-8-19-16/h3-4,9-11,16,19H,5-8H2,1-2H3,(H,20,25). The molecule has 0 spiro atoms. The van der Waals surface area contributed by atoms with Crippen LogP contribution in [0.5, 0.6) is 0 Å². The number of fused-ring (bicyclic) bond motifs is 2. The molecular weight excluding hydrogens is 316 g/mol. The fourth-order valence-electron chi connectivity index (χ4n) is 3.45. The lowest BCUT2D eigenvalue weighted by Gasteiger charge is -2.23. The third kappa shape index (κ3) is 2.91. The molecular formula is C18H22N6O. The number of imidazole rings is 1. The lowest BCUT2D eigenvalue weighted by atomic mass is 10.0. The number of pyridine rings is 1. The summed E-state index contributed by atoms with van der Waals surface area (Å²) in [7, 11) is 1.92. The molecule has 3 aromatic rings. The third-order valence-electron chi connectivity index (χ3n) is 4.79. The van der Waals surface area contributed by atoms with Crippen molar-refractivity contribution in [2.24, 2.45) is 7.05 Å². The summed E-state index contributed by atoms with van der Waals surface area (Å²) in [4.78, 5) is 17.2. The highest BCUT2D eigenvalue weighted by Gasteiger charge is 2.28. The molecule has 4 heterocycles. The first-order valence-electron chi connectivity index (χ1n) is 8.58. The normalized spacial score (nSPS) is 16.8. The number of amides is 1. The van der Waals surface area contributed by atoms with Gasteiger partial charge in [0.05, 0.1) is 11.9 Å². The molecule has 1 unspecified atom stereocenters. The highest BCUT2D eigenvalue weighted by Crippen LogP contribution is 2.22. The number of rotatable bonds is 4. The van der Waals surface area contributed by atoms with E-state index < -0.39 is 0 Å². The van der Waals surface area contributed by atoms with Gasteiger partial charge in [0, 0.05) is 56.6 Å². The second kappa shape index (κ2) is 6.33.